The molecule has 1 aliphatic carbocycles. The predicted molar refractivity (Wildman–Crippen MR) is 80.1 cm³/mol. The molecule has 0 heterocycles. The largest absolute Gasteiger partial charge is 0.480 e. The zero-order chi connectivity index (χ0) is 15.1. The van der Waals surface area contributed by atoms with Crippen LogP contribution in [0.3, 0.4) is 0 Å². The van der Waals surface area contributed by atoms with E-state index in [1.165, 1.54) is 6.42 Å². The van der Waals surface area contributed by atoms with Gasteiger partial charge in [0, 0.05) is 6.54 Å². The molecule has 0 bridgehead atoms. The number of carboxylic acid groups (broad SMARTS) is 1. The summed E-state index contributed by atoms with van der Waals surface area (Å²) >= 11 is 0. The number of carbonyl (C=O) groups excluding carboxylic acids is 1. The number of benzene rings is 1. The Labute approximate surface area is 124 Å². The van der Waals surface area contributed by atoms with Crippen molar-refractivity contribution in [2.75, 3.05) is 6.54 Å². The second-order valence-corrected chi connectivity index (χ2v) is 5.57. The van der Waals surface area contributed by atoms with Gasteiger partial charge < -0.3 is 15.7 Å². The molecule has 1 aromatic rings. The van der Waals surface area contributed by atoms with E-state index in [2.05, 4.69) is 10.6 Å². The SMILES string of the molecule is O=C(NCC1CCC1)NC(CCc1ccccc1)C(=O)O. The maximum Gasteiger partial charge on any atom is 0.326 e. The molecule has 0 aromatic heterocycles. The smallest absolute Gasteiger partial charge is 0.326 e. The first-order valence-corrected chi connectivity index (χ1v) is 7.46. The van der Waals surface area contributed by atoms with Crippen molar-refractivity contribution in [2.24, 2.45) is 5.92 Å². The number of carbonyl (C=O) groups is 2. The van der Waals surface area contributed by atoms with Crippen molar-refractivity contribution in [3.63, 3.8) is 0 Å². The minimum absolute atomic E-state index is 0.385. The Balaban J connectivity index is 1.75. The molecule has 5 nitrogen and oxygen atoms in total. The number of carboxylic acids is 1. The Kier molecular flexibility index (Phi) is 5.60. The predicted octanol–water partition coefficient (Wildman–Crippen LogP) is 2.17. The van der Waals surface area contributed by atoms with Crippen LogP contribution in [0.15, 0.2) is 30.3 Å². The Hall–Kier alpha value is -2.04. The van der Waals surface area contributed by atoms with Gasteiger partial charge in [-0.25, -0.2) is 9.59 Å². The number of amides is 2. The summed E-state index contributed by atoms with van der Waals surface area (Å²) < 4.78 is 0. The fourth-order valence-electron chi connectivity index (χ4n) is 2.36. The number of hydrogen-bond acceptors (Lipinski definition) is 2. The minimum atomic E-state index is -0.996. The molecule has 5 heteroatoms. The van der Waals surface area contributed by atoms with Crippen LogP contribution in [0, 0.1) is 5.92 Å². The van der Waals surface area contributed by atoms with Crippen molar-refractivity contribution in [1.29, 1.82) is 0 Å². The maximum absolute atomic E-state index is 11.7. The second kappa shape index (κ2) is 7.67. The molecule has 0 spiro atoms. The first kappa shape index (κ1) is 15.4. The number of hydrogen-bond donors (Lipinski definition) is 3. The molecular formula is C16H22N2O3. The van der Waals surface area contributed by atoms with Gasteiger partial charge in [0.15, 0.2) is 0 Å². The lowest BCUT2D eigenvalue weighted by Crippen LogP contribution is -2.47. The molecule has 1 unspecified atom stereocenters. The molecular weight excluding hydrogens is 268 g/mol. The minimum Gasteiger partial charge on any atom is -0.480 e. The van der Waals surface area contributed by atoms with Crippen LogP contribution in [0.4, 0.5) is 4.79 Å². The van der Waals surface area contributed by atoms with Crippen molar-refractivity contribution in [3.8, 4) is 0 Å². The molecule has 0 radical (unpaired) electrons. The standard InChI is InChI=1S/C16H22N2O3/c19-15(20)14(10-9-12-5-2-1-3-6-12)18-16(21)17-11-13-7-4-8-13/h1-3,5-6,13-14H,4,7-11H2,(H,19,20)(H2,17,18,21). The summed E-state index contributed by atoms with van der Waals surface area (Å²) in [6, 6.07) is 8.43. The lowest BCUT2D eigenvalue weighted by atomic mass is 9.85. The monoisotopic (exact) mass is 290 g/mol. The fraction of sp³-hybridized carbons (Fsp3) is 0.500. The van der Waals surface area contributed by atoms with Crippen LogP contribution in [0.2, 0.25) is 0 Å². The topological polar surface area (TPSA) is 78.4 Å². The number of urea groups is 1. The number of rotatable bonds is 7. The van der Waals surface area contributed by atoms with E-state index in [-0.39, 0.29) is 6.03 Å². The third-order valence-corrected chi connectivity index (χ3v) is 3.94. The first-order chi connectivity index (χ1) is 10.1. The van der Waals surface area contributed by atoms with Crippen LogP contribution in [-0.2, 0) is 11.2 Å². The fourth-order valence-corrected chi connectivity index (χ4v) is 2.36. The molecule has 3 N–H and O–H groups in total. The molecule has 21 heavy (non-hydrogen) atoms. The normalized spacial score (nSPS) is 15.8. The molecule has 2 amide bonds. The van der Waals surface area contributed by atoms with Crippen molar-refractivity contribution in [2.45, 2.75) is 38.1 Å². The molecule has 1 aromatic carbocycles. The molecule has 0 aliphatic heterocycles. The van der Waals surface area contributed by atoms with E-state index in [0.717, 1.165) is 18.4 Å². The van der Waals surface area contributed by atoms with Gasteiger partial charge in [0.2, 0.25) is 0 Å². The summed E-state index contributed by atoms with van der Waals surface area (Å²) in [7, 11) is 0. The molecule has 1 fully saturated rings. The lowest BCUT2D eigenvalue weighted by molar-refractivity contribution is -0.139. The van der Waals surface area contributed by atoms with Gasteiger partial charge in [0.25, 0.3) is 0 Å². The van der Waals surface area contributed by atoms with Gasteiger partial charge >= 0.3 is 12.0 Å². The Morgan fingerprint density at radius 2 is 1.95 bits per heavy atom. The second-order valence-electron chi connectivity index (χ2n) is 5.57. The Morgan fingerprint density at radius 3 is 2.52 bits per heavy atom. The summed E-state index contributed by atoms with van der Waals surface area (Å²) in [4.78, 5) is 22.9. The summed E-state index contributed by atoms with van der Waals surface area (Å²) in [6.45, 7) is 0.636. The highest BCUT2D eigenvalue weighted by Gasteiger charge is 2.21. The number of nitrogens with one attached hydrogen (secondary N) is 2. The zero-order valence-corrected chi connectivity index (χ0v) is 12.0. The highest BCUT2D eigenvalue weighted by atomic mass is 16.4. The molecule has 114 valence electrons. The van der Waals surface area contributed by atoms with Crippen molar-refractivity contribution in [1.82, 2.24) is 10.6 Å². The molecule has 0 saturated heterocycles. The quantitative estimate of drug-likeness (QED) is 0.720. The van der Waals surface area contributed by atoms with E-state index in [4.69, 9.17) is 0 Å². The van der Waals surface area contributed by atoms with Gasteiger partial charge in [0.05, 0.1) is 0 Å². The van der Waals surface area contributed by atoms with Crippen LogP contribution >= 0.6 is 0 Å². The summed E-state index contributed by atoms with van der Waals surface area (Å²) in [5.74, 6) is -0.437. The van der Waals surface area contributed by atoms with E-state index >= 15 is 0 Å². The molecule has 2 rings (SSSR count). The van der Waals surface area contributed by atoms with Gasteiger partial charge in [-0.05, 0) is 37.2 Å². The van der Waals surface area contributed by atoms with Crippen molar-refractivity contribution < 1.29 is 14.7 Å². The Morgan fingerprint density at radius 1 is 1.24 bits per heavy atom. The van der Waals surface area contributed by atoms with E-state index in [1.807, 2.05) is 30.3 Å². The average molecular weight is 290 g/mol. The van der Waals surface area contributed by atoms with E-state index in [1.54, 1.807) is 0 Å². The average Bonchev–Trinajstić information content (AvgIpc) is 2.42. The summed E-state index contributed by atoms with van der Waals surface area (Å²) in [5.41, 5.74) is 1.07. The van der Waals surface area contributed by atoms with E-state index in [0.29, 0.717) is 25.3 Å². The summed E-state index contributed by atoms with van der Waals surface area (Å²) in [6.07, 6.45) is 4.53. The number of aryl methyl sites for hydroxylation is 1. The highest BCUT2D eigenvalue weighted by Crippen LogP contribution is 2.25. The van der Waals surface area contributed by atoms with Crippen LogP contribution in [0.25, 0.3) is 0 Å². The highest BCUT2D eigenvalue weighted by molar-refractivity contribution is 5.82. The van der Waals surface area contributed by atoms with E-state index in [9.17, 15) is 14.7 Å². The molecule has 1 saturated carbocycles. The number of aliphatic carboxylic acids is 1. The van der Waals surface area contributed by atoms with Crippen molar-refractivity contribution >= 4 is 12.0 Å². The van der Waals surface area contributed by atoms with Gasteiger partial charge in [0.1, 0.15) is 6.04 Å². The van der Waals surface area contributed by atoms with Crippen LogP contribution in [0.5, 0.6) is 0 Å². The third-order valence-electron chi connectivity index (χ3n) is 3.94. The van der Waals surface area contributed by atoms with E-state index < -0.39 is 12.0 Å². The molecule has 1 aliphatic rings. The lowest BCUT2D eigenvalue weighted by Gasteiger charge is -2.25. The van der Waals surface area contributed by atoms with Gasteiger partial charge in [-0.15, -0.1) is 0 Å². The van der Waals surface area contributed by atoms with Crippen molar-refractivity contribution in [3.05, 3.63) is 35.9 Å². The zero-order valence-electron chi connectivity index (χ0n) is 12.0. The Bertz CT molecular complexity index is 472. The third kappa shape index (κ3) is 5.10. The van der Waals surface area contributed by atoms with Gasteiger partial charge in [-0.2, -0.15) is 0 Å². The van der Waals surface area contributed by atoms with Crippen LogP contribution in [-0.4, -0.2) is 29.7 Å². The maximum atomic E-state index is 11.7. The summed E-state index contributed by atoms with van der Waals surface area (Å²) in [5, 5.41) is 14.5. The van der Waals surface area contributed by atoms with Crippen LogP contribution < -0.4 is 10.6 Å². The van der Waals surface area contributed by atoms with Gasteiger partial charge in [-0.3, -0.25) is 0 Å². The van der Waals surface area contributed by atoms with Crippen LogP contribution in [0.1, 0.15) is 31.2 Å². The van der Waals surface area contributed by atoms with Gasteiger partial charge in [-0.1, -0.05) is 36.8 Å². The molecule has 1 atom stereocenters. The first-order valence-electron chi connectivity index (χ1n) is 7.46.